The van der Waals surface area contributed by atoms with E-state index in [0.717, 1.165) is 0 Å². The molecule has 0 spiro atoms. The van der Waals surface area contributed by atoms with Crippen LogP contribution in [0.1, 0.15) is 60.3 Å². The molecule has 2 nitrogen and oxygen atoms in total. The third-order valence-corrected chi connectivity index (χ3v) is 4.79. The van der Waals surface area contributed by atoms with Crippen LogP contribution in [-0.2, 0) is 0 Å². The van der Waals surface area contributed by atoms with Gasteiger partial charge >= 0.3 is 0 Å². The predicted molar refractivity (Wildman–Crippen MR) is 82.7 cm³/mol. The van der Waals surface area contributed by atoms with Crippen LogP contribution in [0.2, 0.25) is 0 Å². The molecule has 0 fully saturated rings. The molecule has 0 aliphatic heterocycles. The monoisotopic (exact) mass is 258 g/mol. The average Bonchev–Trinajstić information content (AvgIpc) is 2.28. The van der Waals surface area contributed by atoms with Crippen molar-refractivity contribution in [1.82, 2.24) is 9.80 Å². The van der Waals surface area contributed by atoms with E-state index in [1.54, 1.807) is 0 Å². The largest absolute Gasteiger partial charge is 0.289 e. The molecule has 0 aromatic heterocycles. The Balaban J connectivity index is 4.71. The summed E-state index contributed by atoms with van der Waals surface area (Å²) in [6.45, 7) is 16.6. The van der Waals surface area contributed by atoms with Crippen molar-refractivity contribution in [3.05, 3.63) is 0 Å². The van der Waals surface area contributed by atoms with Crippen LogP contribution < -0.4 is 0 Å². The van der Waals surface area contributed by atoms with E-state index in [-0.39, 0.29) is 0 Å². The molecule has 0 bridgehead atoms. The fourth-order valence-corrected chi connectivity index (χ4v) is 3.49. The molecule has 0 aliphatic rings. The Morgan fingerprint density at radius 2 is 0.941 bits per heavy atom. The summed E-state index contributed by atoms with van der Waals surface area (Å²) in [5, 5.41) is 0.345. The normalized spacial score (nSPS) is 12.9. The number of rotatable bonds is 10. The first-order chi connectivity index (χ1) is 8.04. The van der Waals surface area contributed by atoms with Crippen molar-refractivity contribution >= 4 is 10.2 Å². The van der Waals surface area contributed by atoms with E-state index in [1.165, 1.54) is 62.1 Å². The van der Waals surface area contributed by atoms with Crippen molar-refractivity contribution in [3.8, 4) is 0 Å². The fourth-order valence-electron chi connectivity index (χ4n) is 2.60. The predicted octanol–water partition coefficient (Wildman–Crippen LogP) is 2.27. The van der Waals surface area contributed by atoms with Gasteiger partial charge in [0.25, 0.3) is 0 Å². The van der Waals surface area contributed by atoms with E-state index in [4.69, 9.17) is 0 Å². The minimum absolute atomic E-state index is 0.345. The fraction of sp³-hybridized carbons (Fsp3) is 1.00. The van der Waals surface area contributed by atoms with E-state index < -0.39 is 0 Å². The Labute approximate surface area is 112 Å². The highest BCUT2D eigenvalue weighted by molar-refractivity contribution is 6.14. The topological polar surface area (TPSA) is 6.48 Å². The van der Waals surface area contributed by atoms with E-state index in [9.17, 15) is 0 Å². The number of hydrogen-bond acceptors (Lipinski definition) is 2. The van der Waals surface area contributed by atoms with Crippen LogP contribution in [-0.4, -0.2) is 51.5 Å². The van der Waals surface area contributed by atoms with Crippen LogP contribution in [0.15, 0.2) is 0 Å². The Kier molecular flexibility index (Phi) is 9.19. The Bertz CT molecular complexity index is 153. The molecule has 0 rings (SSSR count). The highest BCUT2D eigenvalue weighted by Gasteiger charge is 2.30. The van der Waals surface area contributed by atoms with Gasteiger partial charge in [0.05, 0.1) is 0 Å². The van der Waals surface area contributed by atoms with Crippen molar-refractivity contribution in [2.24, 2.45) is 0 Å². The van der Waals surface area contributed by atoms with Crippen molar-refractivity contribution in [3.63, 3.8) is 0 Å². The molecule has 0 N–H and O–H groups in total. The summed E-state index contributed by atoms with van der Waals surface area (Å²) < 4.78 is 0. The van der Waals surface area contributed by atoms with Gasteiger partial charge in [-0.3, -0.25) is 9.80 Å². The lowest BCUT2D eigenvalue weighted by Crippen LogP contribution is -2.60. The molecule has 0 aromatic carbocycles. The maximum absolute atomic E-state index is 2.71. The molecule has 0 aliphatic carbocycles. The molecule has 0 amide bonds. The molecular formula is C14H34N2Si. The molecular weight excluding hydrogens is 224 g/mol. The van der Waals surface area contributed by atoms with Gasteiger partial charge in [0.2, 0.25) is 0 Å². The second-order valence-electron chi connectivity index (χ2n) is 5.47. The van der Waals surface area contributed by atoms with E-state index in [0.29, 0.717) is 5.29 Å². The van der Waals surface area contributed by atoms with Crippen LogP contribution >= 0.6 is 0 Å². The Morgan fingerprint density at radius 3 is 1.12 bits per heavy atom. The quantitative estimate of drug-likeness (QED) is 0.438. The summed E-state index contributed by atoms with van der Waals surface area (Å²) in [6.07, 6.45) is 5.07. The second kappa shape index (κ2) is 9.12. The first-order valence-corrected chi connectivity index (χ1v) is 8.54. The molecule has 0 heterocycles. The van der Waals surface area contributed by atoms with Crippen molar-refractivity contribution in [2.75, 3.05) is 26.2 Å². The van der Waals surface area contributed by atoms with Crippen LogP contribution in [0, 0.1) is 0 Å². The van der Waals surface area contributed by atoms with Crippen LogP contribution in [0.25, 0.3) is 0 Å². The minimum atomic E-state index is 0.345. The van der Waals surface area contributed by atoms with Crippen LogP contribution in [0.4, 0.5) is 0 Å². The highest BCUT2D eigenvalue weighted by atomic mass is 28.1. The third-order valence-electron chi connectivity index (χ3n) is 3.52. The molecule has 0 radical (unpaired) electrons. The smallest absolute Gasteiger partial charge is 0.0494 e. The van der Waals surface area contributed by atoms with E-state index in [1.807, 2.05) is 0 Å². The molecule has 0 saturated heterocycles. The second-order valence-corrected chi connectivity index (χ2v) is 7.36. The zero-order valence-corrected chi connectivity index (χ0v) is 15.1. The third kappa shape index (κ3) is 5.54. The molecule has 0 saturated carbocycles. The van der Waals surface area contributed by atoms with E-state index in [2.05, 4.69) is 44.4 Å². The molecule has 0 aromatic rings. The van der Waals surface area contributed by atoms with Crippen LogP contribution in [0.3, 0.4) is 0 Å². The SMILES string of the molecule is CCCN(CCC)C(C)([SiH3])N(CCC)CCC. The summed E-state index contributed by atoms with van der Waals surface area (Å²) in [7, 11) is 1.22. The zero-order chi connectivity index (χ0) is 13.3. The minimum Gasteiger partial charge on any atom is -0.289 e. The molecule has 17 heavy (non-hydrogen) atoms. The molecule has 0 unspecified atom stereocenters. The van der Waals surface area contributed by atoms with Gasteiger partial charge in [-0.2, -0.15) is 0 Å². The van der Waals surface area contributed by atoms with Gasteiger partial charge < -0.3 is 0 Å². The zero-order valence-electron chi connectivity index (χ0n) is 13.1. The van der Waals surface area contributed by atoms with Crippen LogP contribution in [0.5, 0.6) is 0 Å². The van der Waals surface area contributed by atoms with Crippen molar-refractivity contribution in [2.45, 2.75) is 65.6 Å². The van der Waals surface area contributed by atoms with E-state index >= 15 is 0 Å². The lowest BCUT2D eigenvalue weighted by Gasteiger charge is -2.47. The lowest BCUT2D eigenvalue weighted by atomic mass is 10.2. The standard InChI is InChI=1S/C14H34N2Si/c1-6-10-15(11-7-2)14(5,17)16(12-8-3)13-9-4/h6-13H2,1-5,17H3. The average molecular weight is 259 g/mol. The van der Waals surface area contributed by atoms with Gasteiger partial charge in [-0.25, -0.2) is 0 Å². The first-order valence-electron chi connectivity index (χ1n) is 7.54. The van der Waals surface area contributed by atoms with Gasteiger partial charge in [-0.15, -0.1) is 0 Å². The number of hydrogen-bond donors (Lipinski definition) is 0. The maximum Gasteiger partial charge on any atom is 0.0494 e. The van der Waals surface area contributed by atoms with Crippen molar-refractivity contribution < 1.29 is 0 Å². The molecule has 3 heteroatoms. The van der Waals surface area contributed by atoms with Gasteiger partial charge in [-0.1, -0.05) is 27.7 Å². The first kappa shape index (κ1) is 17.1. The summed E-state index contributed by atoms with van der Waals surface area (Å²) in [5.74, 6) is 0. The van der Waals surface area contributed by atoms with Gasteiger partial charge in [-0.05, 0) is 58.8 Å². The molecule has 0 atom stereocenters. The van der Waals surface area contributed by atoms with Crippen molar-refractivity contribution in [1.29, 1.82) is 0 Å². The molecule has 104 valence electrons. The Morgan fingerprint density at radius 1 is 0.706 bits per heavy atom. The summed E-state index contributed by atoms with van der Waals surface area (Å²) in [6, 6.07) is 0. The maximum atomic E-state index is 2.71. The van der Waals surface area contributed by atoms with Gasteiger partial charge in [0.1, 0.15) is 0 Å². The summed E-state index contributed by atoms with van der Waals surface area (Å²) in [4.78, 5) is 5.43. The summed E-state index contributed by atoms with van der Waals surface area (Å²) >= 11 is 0. The van der Waals surface area contributed by atoms with Gasteiger partial charge in [0, 0.05) is 15.5 Å². The highest BCUT2D eigenvalue weighted by Crippen LogP contribution is 2.18. The Hall–Kier alpha value is 0.137. The lowest BCUT2D eigenvalue weighted by molar-refractivity contribution is 0.0182. The summed E-state index contributed by atoms with van der Waals surface area (Å²) in [5.41, 5.74) is 0. The van der Waals surface area contributed by atoms with Gasteiger partial charge in [0.15, 0.2) is 0 Å². The number of nitrogens with zero attached hydrogens (tertiary/aromatic N) is 2.